The molecule has 0 radical (unpaired) electrons. The molecule has 0 spiro atoms. The van der Waals surface area contributed by atoms with Crippen molar-refractivity contribution < 1.29 is 9.53 Å². The maximum absolute atomic E-state index is 11.4. The molecular weight excluding hydrogens is 320 g/mol. The summed E-state index contributed by atoms with van der Waals surface area (Å²) in [5, 5.41) is 16.0. The van der Waals surface area contributed by atoms with E-state index >= 15 is 0 Å². The molecule has 1 atom stereocenters. The Morgan fingerprint density at radius 1 is 1.20 bits per heavy atom. The molecule has 1 amide bonds. The van der Waals surface area contributed by atoms with Crippen molar-refractivity contribution in [2.45, 2.75) is 12.5 Å². The number of rotatable bonds is 3. The number of aromatic nitrogens is 4. The van der Waals surface area contributed by atoms with Crippen LogP contribution in [0.3, 0.4) is 0 Å². The van der Waals surface area contributed by atoms with Crippen molar-refractivity contribution in [2.75, 3.05) is 25.1 Å². The Kier molecular flexibility index (Phi) is 3.93. The second-order valence-electron chi connectivity index (χ2n) is 5.92. The maximum atomic E-state index is 11.4. The van der Waals surface area contributed by atoms with Gasteiger partial charge in [0.05, 0.1) is 13.2 Å². The molecule has 3 heterocycles. The molecule has 1 N–H and O–H groups in total. The molecule has 0 bridgehead atoms. The van der Waals surface area contributed by atoms with E-state index in [-0.39, 0.29) is 6.04 Å². The Labute approximate surface area is 144 Å². The van der Waals surface area contributed by atoms with Crippen LogP contribution in [0.2, 0.25) is 0 Å². The van der Waals surface area contributed by atoms with Crippen molar-refractivity contribution in [1.29, 1.82) is 0 Å². The first-order chi connectivity index (χ1) is 12.2. The molecule has 1 saturated heterocycles. The molecule has 1 unspecified atom stereocenters. The summed E-state index contributed by atoms with van der Waals surface area (Å²) in [7, 11) is 1.37. The smallest absolute Gasteiger partial charge is 0.407 e. The van der Waals surface area contributed by atoms with Gasteiger partial charge in [-0.15, -0.1) is 15.3 Å². The van der Waals surface area contributed by atoms with E-state index in [2.05, 4.69) is 25.2 Å². The van der Waals surface area contributed by atoms with Crippen LogP contribution in [-0.2, 0) is 4.74 Å². The zero-order valence-electron chi connectivity index (χ0n) is 13.8. The quantitative estimate of drug-likeness (QED) is 0.783. The van der Waals surface area contributed by atoms with Gasteiger partial charge in [0, 0.05) is 18.7 Å². The monoisotopic (exact) mass is 338 g/mol. The highest BCUT2D eigenvalue weighted by atomic mass is 16.5. The van der Waals surface area contributed by atoms with Crippen LogP contribution < -0.4 is 10.2 Å². The van der Waals surface area contributed by atoms with Crippen molar-refractivity contribution >= 4 is 17.6 Å². The van der Waals surface area contributed by atoms with Gasteiger partial charge in [0.15, 0.2) is 11.5 Å². The zero-order chi connectivity index (χ0) is 17.2. The summed E-state index contributed by atoms with van der Waals surface area (Å²) in [5.41, 5.74) is 1.66. The molecule has 1 aliphatic heterocycles. The number of benzene rings is 1. The molecule has 0 aliphatic carbocycles. The highest BCUT2D eigenvalue weighted by molar-refractivity contribution is 5.67. The highest BCUT2D eigenvalue weighted by Crippen LogP contribution is 2.21. The van der Waals surface area contributed by atoms with Gasteiger partial charge in [-0.25, -0.2) is 4.79 Å². The second kappa shape index (κ2) is 6.39. The van der Waals surface area contributed by atoms with Gasteiger partial charge in [-0.3, -0.25) is 0 Å². The number of ether oxygens (including phenoxy) is 1. The Hall–Kier alpha value is -3.16. The molecule has 1 aliphatic rings. The van der Waals surface area contributed by atoms with Crippen LogP contribution >= 0.6 is 0 Å². The van der Waals surface area contributed by atoms with Gasteiger partial charge in [0.1, 0.15) is 5.82 Å². The Morgan fingerprint density at radius 3 is 2.84 bits per heavy atom. The lowest BCUT2D eigenvalue weighted by Gasteiger charge is -2.17. The number of amides is 1. The molecule has 4 rings (SSSR count). The molecule has 0 saturated carbocycles. The second-order valence-corrected chi connectivity index (χ2v) is 5.92. The van der Waals surface area contributed by atoms with Crippen molar-refractivity contribution in [3.63, 3.8) is 0 Å². The zero-order valence-corrected chi connectivity index (χ0v) is 13.8. The van der Waals surface area contributed by atoms with Crippen LogP contribution in [0.5, 0.6) is 0 Å². The number of carbonyl (C=O) groups is 1. The number of carbonyl (C=O) groups excluding carboxylic acids is 1. The van der Waals surface area contributed by atoms with Crippen LogP contribution in [-0.4, -0.2) is 52.1 Å². The fourth-order valence-corrected chi connectivity index (χ4v) is 3.03. The molecule has 1 aromatic carbocycles. The van der Waals surface area contributed by atoms with E-state index in [0.29, 0.717) is 18.0 Å². The minimum Gasteiger partial charge on any atom is -0.453 e. The fourth-order valence-electron chi connectivity index (χ4n) is 3.03. The van der Waals surface area contributed by atoms with Gasteiger partial charge < -0.3 is 15.0 Å². The predicted octanol–water partition coefficient (Wildman–Crippen LogP) is 1.73. The summed E-state index contributed by atoms with van der Waals surface area (Å²) in [6.07, 6.45) is 0.447. The number of hydrogen-bond acceptors (Lipinski definition) is 6. The van der Waals surface area contributed by atoms with Crippen molar-refractivity contribution in [3.05, 3.63) is 42.5 Å². The first kappa shape index (κ1) is 15.4. The van der Waals surface area contributed by atoms with Gasteiger partial charge in [-0.2, -0.15) is 4.52 Å². The van der Waals surface area contributed by atoms with Crippen LogP contribution in [0.15, 0.2) is 42.5 Å². The van der Waals surface area contributed by atoms with E-state index in [1.807, 2.05) is 42.5 Å². The highest BCUT2D eigenvalue weighted by Gasteiger charge is 2.25. The first-order valence-electron chi connectivity index (χ1n) is 8.12. The summed E-state index contributed by atoms with van der Waals surface area (Å²) >= 11 is 0. The lowest BCUT2D eigenvalue weighted by atomic mass is 10.2. The van der Waals surface area contributed by atoms with E-state index < -0.39 is 6.09 Å². The van der Waals surface area contributed by atoms with Gasteiger partial charge in [-0.05, 0) is 18.6 Å². The third kappa shape index (κ3) is 2.98. The molecule has 128 valence electrons. The van der Waals surface area contributed by atoms with Gasteiger partial charge >= 0.3 is 6.09 Å². The third-order valence-electron chi connectivity index (χ3n) is 4.30. The molecule has 8 nitrogen and oxygen atoms in total. The van der Waals surface area contributed by atoms with Crippen LogP contribution in [0.1, 0.15) is 6.42 Å². The summed E-state index contributed by atoms with van der Waals surface area (Å²) in [5.74, 6) is 1.54. The van der Waals surface area contributed by atoms with Crippen molar-refractivity contribution in [2.24, 2.45) is 0 Å². The Balaban J connectivity index is 1.60. The first-order valence-corrected chi connectivity index (χ1v) is 8.12. The van der Waals surface area contributed by atoms with E-state index in [9.17, 15) is 4.79 Å². The van der Waals surface area contributed by atoms with E-state index in [4.69, 9.17) is 5.10 Å². The summed E-state index contributed by atoms with van der Waals surface area (Å²) in [6, 6.07) is 13.7. The molecule has 2 aromatic heterocycles. The SMILES string of the molecule is COC(=O)NC1CCN(c2ccc3nnc(-c4ccccc4)n3n2)C1. The number of alkyl carbamates (subject to hydrolysis) is 1. The largest absolute Gasteiger partial charge is 0.453 e. The molecule has 25 heavy (non-hydrogen) atoms. The van der Waals surface area contributed by atoms with Crippen LogP contribution in [0, 0.1) is 0 Å². The third-order valence-corrected chi connectivity index (χ3v) is 4.30. The molecule has 1 fully saturated rings. The topological polar surface area (TPSA) is 84.6 Å². The Bertz CT molecular complexity index is 895. The van der Waals surface area contributed by atoms with Crippen LogP contribution in [0.4, 0.5) is 10.6 Å². The van der Waals surface area contributed by atoms with Gasteiger partial charge in [0.25, 0.3) is 0 Å². The number of nitrogens with zero attached hydrogens (tertiary/aromatic N) is 5. The minimum absolute atomic E-state index is 0.0550. The number of methoxy groups -OCH3 is 1. The fraction of sp³-hybridized carbons (Fsp3) is 0.294. The number of fused-ring (bicyclic) bond motifs is 1. The summed E-state index contributed by atoms with van der Waals surface area (Å²) in [6.45, 7) is 1.51. The van der Waals surface area contributed by atoms with E-state index in [1.54, 1.807) is 4.52 Å². The molecular formula is C17H18N6O2. The standard InChI is InChI=1S/C17H18N6O2/c1-25-17(24)18-13-9-10-22(11-13)15-8-7-14-19-20-16(23(14)21-15)12-5-3-2-4-6-12/h2-8,13H,9-11H2,1H3,(H,18,24). The number of anilines is 1. The number of nitrogens with one attached hydrogen (secondary N) is 1. The summed E-state index contributed by atoms with van der Waals surface area (Å²) in [4.78, 5) is 13.5. The molecule has 3 aromatic rings. The Morgan fingerprint density at radius 2 is 2.04 bits per heavy atom. The molecule has 8 heteroatoms. The van der Waals surface area contributed by atoms with Crippen molar-refractivity contribution in [3.8, 4) is 11.4 Å². The van der Waals surface area contributed by atoms with Crippen LogP contribution in [0.25, 0.3) is 17.0 Å². The average molecular weight is 338 g/mol. The van der Waals surface area contributed by atoms with Gasteiger partial charge in [0.2, 0.25) is 0 Å². The van der Waals surface area contributed by atoms with E-state index in [0.717, 1.165) is 24.3 Å². The van der Waals surface area contributed by atoms with Gasteiger partial charge in [-0.1, -0.05) is 30.3 Å². The van der Waals surface area contributed by atoms with E-state index in [1.165, 1.54) is 7.11 Å². The average Bonchev–Trinajstić information content (AvgIpc) is 3.28. The maximum Gasteiger partial charge on any atom is 0.407 e. The lowest BCUT2D eigenvalue weighted by Crippen LogP contribution is -2.37. The van der Waals surface area contributed by atoms with Crippen molar-refractivity contribution in [1.82, 2.24) is 25.1 Å². The summed E-state index contributed by atoms with van der Waals surface area (Å²) < 4.78 is 6.42. The minimum atomic E-state index is -0.402. The predicted molar refractivity (Wildman–Crippen MR) is 92.4 cm³/mol. The number of hydrogen-bond donors (Lipinski definition) is 1. The normalized spacial score (nSPS) is 17.0. The lowest BCUT2D eigenvalue weighted by molar-refractivity contribution is 0.167.